The lowest BCUT2D eigenvalue weighted by atomic mass is 10.1. The van der Waals surface area contributed by atoms with Crippen LogP contribution >= 0.6 is 23.1 Å². The molecule has 0 saturated carbocycles. The number of carbonyl (C=O) groups is 1. The quantitative estimate of drug-likeness (QED) is 0.591. The van der Waals surface area contributed by atoms with Crippen molar-refractivity contribution in [2.45, 2.75) is 11.5 Å². The fourth-order valence-electron chi connectivity index (χ4n) is 2.27. The highest BCUT2D eigenvalue weighted by Crippen LogP contribution is 2.33. The molecule has 3 aromatic rings. The van der Waals surface area contributed by atoms with Crippen LogP contribution in [0.25, 0.3) is 11.1 Å². The van der Waals surface area contributed by atoms with E-state index in [0.29, 0.717) is 21.2 Å². The van der Waals surface area contributed by atoms with Crippen LogP contribution in [0.15, 0.2) is 46.7 Å². The second-order valence-electron chi connectivity index (χ2n) is 5.21. The van der Waals surface area contributed by atoms with E-state index in [1.54, 1.807) is 30.5 Å². The summed E-state index contributed by atoms with van der Waals surface area (Å²) < 4.78 is 32.6. The fourth-order valence-corrected chi connectivity index (χ4v) is 3.57. The number of carboxylic acids is 1. The number of ether oxygens (including phenoxy) is 1. The Kier molecular flexibility index (Phi) is 5.53. The van der Waals surface area contributed by atoms with Gasteiger partial charge in [-0.2, -0.15) is 0 Å². The number of aromatic nitrogens is 1. The molecule has 26 heavy (non-hydrogen) atoms. The summed E-state index contributed by atoms with van der Waals surface area (Å²) >= 11 is 2.54. The highest BCUT2D eigenvalue weighted by molar-refractivity contribution is 7.98. The second kappa shape index (κ2) is 7.84. The molecule has 0 saturated heterocycles. The van der Waals surface area contributed by atoms with E-state index in [2.05, 4.69) is 4.98 Å². The van der Waals surface area contributed by atoms with E-state index in [0.717, 1.165) is 5.56 Å². The van der Waals surface area contributed by atoms with Crippen LogP contribution in [0.2, 0.25) is 0 Å². The molecule has 0 aliphatic heterocycles. The summed E-state index contributed by atoms with van der Waals surface area (Å²) in [6.45, 7) is 0.151. The molecule has 1 N–H and O–H groups in total. The van der Waals surface area contributed by atoms with Gasteiger partial charge in [0.2, 0.25) is 0 Å². The second-order valence-corrected chi connectivity index (χ2v) is 7.00. The van der Waals surface area contributed by atoms with Gasteiger partial charge in [0.1, 0.15) is 17.4 Å². The van der Waals surface area contributed by atoms with E-state index in [9.17, 15) is 13.6 Å². The first-order valence-electron chi connectivity index (χ1n) is 7.42. The topological polar surface area (TPSA) is 59.4 Å². The summed E-state index contributed by atoms with van der Waals surface area (Å²) in [5, 5.41) is 10.9. The maximum Gasteiger partial charge on any atom is 0.355 e. The molecule has 0 radical (unpaired) electrons. The van der Waals surface area contributed by atoms with Gasteiger partial charge in [-0.15, -0.1) is 23.1 Å². The maximum absolute atomic E-state index is 13.6. The minimum atomic E-state index is -1.08. The molecule has 2 aromatic carbocycles. The molecule has 0 spiro atoms. The van der Waals surface area contributed by atoms with E-state index in [-0.39, 0.29) is 12.3 Å². The summed E-state index contributed by atoms with van der Waals surface area (Å²) in [4.78, 5) is 15.4. The highest BCUT2D eigenvalue weighted by atomic mass is 32.2. The van der Waals surface area contributed by atoms with Crippen LogP contribution in [0, 0.1) is 11.6 Å². The van der Waals surface area contributed by atoms with Crippen molar-refractivity contribution in [2.75, 3.05) is 6.26 Å². The first-order valence-corrected chi connectivity index (χ1v) is 9.52. The molecular formula is C18H13F2NO3S2. The summed E-state index contributed by atoms with van der Waals surface area (Å²) in [6, 6.07) is 9.31. The molecule has 4 nitrogen and oxygen atoms in total. The minimum Gasteiger partial charge on any atom is -0.486 e. The molecular weight excluding hydrogens is 380 g/mol. The van der Waals surface area contributed by atoms with Crippen LogP contribution in [-0.4, -0.2) is 22.3 Å². The Hall–Kier alpha value is -2.45. The van der Waals surface area contributed by atoms with Crippen LogP contribution in [-0.2, 0) is 6.61 Å². The van der Waals surface area contributed by atoms with Crippen molar-refractivity contribution in [3.05, 3.63) is 64.1 Å². The Morgan fingerprint density at radius 1 is 1.23 bits per heavy atom. The normalized spacial score (nSPS) is 10.7. The van der Waals surface area contributed by atoms with Crippen molar-refractivity contribution in [1.82, 2.24) is 4.98 Å². The number of carboxylic acid groups (broad SMARTS) is 1. The molecule has 8 heteroatoms. The van der Waals surface area contributed by atoms with Crippen molar-refractivity contribution in [3.63, 3.8) is 0 Å². The number of thiazole rings is 1. The standard InChI is InChI=1S/C18H13F2NO3S2/c1-25-16-7-14(20)13(19)6-12(16)10-2-4-11(5-3-10)24-8-17-21-15(9-26-17)18(22)23/h2-7,9H,8H2,1H3,(H,22,23). The first-order chi connectivity index (χ1) is 12.5. The lowest BCUT2D eigenvalue weighted by molar-refractivity contribution is 0.0691. The third-order valence-electron chi connectivity index (χ3n) is 3.54. The first kappa shape index (κ1) is 18.3. The molecule has 134 valence electrons. The molecule has 1 heterocycles. The predicted octanol–water partition coefficient (Wildman–Crippen LogP) is 5.09. The average molecular weight is 393 g/mol. The molecule has 0 unspecified atom stereocenters. The third kappa shape index (κ3) is 4.03. The Balaban J connectivity index is 1.74. The zero-order valence-electron chi connectivity index (χ0n) is 13.5. The lowest BCUT2D eigenvalue weighted by Gasteiger charge is -2.10. The van der Waals surface area contributed by atoms with Crippen LogP contribution in [0.4, 0.5) is 8.78 Å². The molecule has 0 fully saturated rings. The van der Waals surface area contributed by atoms with Crippen molar-refractivity contribution < 1.29 is 23.4 Å². The Labute approximate surface area is 156 Å². The van der Waals surface area contributed by atoms with Crippen molar-refractivity contribution in [1.29, 1.82) is 0 Å². The van der Waals surface area contributed by atoms with E-state index in [1.165, 1.54) is 40.6 Å². The fraction of sp³-hybridized carbons (Fsp3) is 0.111. The highest BCUT2D eigenvalue weighted by Gasteiger charge is 2.12. The van der Waals surface area contributed by atoms with Crippen LogP contribution in [0.5, 0.6) is 5.75 Å². The third-order valence-corrected chi connectivity index (χ3v) is 5.14. The van der Waals surface area contributed by atoms with Crippen LogP contribution in [0.3, 0.4) is 0 Å². The number of nitrogens with zero attached hydrogens (tertiary/aromatic N) is 1. The minimum absolute atomic E-state index is 0.00752. The molecule has 0 atom stereocenters. The Bertz CT molecular complexity index is 942. The molecule has 3 rings (SSSR count). The maximum atomic E-state index is 13.6. The number of hydrogen-bond donors (Lipinski definition) is 1. The van der Waals surface area contributed by atoms with Gasteiger partial charge in [-0.05, 0) is 41.6 Å². The monoisotopic (exact) mass is 393 g/mol. The summed E-state index contributed by atoms with van der Waals surface area (Å²) in [7, 11) is 0. The van der Waals surface area contributed by atoms with Gasteiger partial charge < -0.3 is 9.84 Å². The van der Waals surface area contributed by atoms with E-state index in [1.807, 2.05) is 0 Å². The van der Waals surface area contributed by atoms with Gasteiger partial charge in [0.05, 0.1) is 0 Å². The zero-order chi connectivity index (χ0) is 18.7. The molecule has 1 aromatic heterocycles. The summed E-state index contributed by atoms with van der Waals surface area (Å²) in [5.74, 6) is -2.28. The SMILES string of the molecule is CSc1cc(F)c(F)cc1-c1ccc(OCc2nc(C(=O)O)cs2)cc1. The van der Waals surface area contributed by atoms with Gasteiger partial charge in [0.15, 0.2) is 17.3 Å². The Morgan fingerprint density at radius 2 is 1.92 bits per heavy atom. The van der Waals surface area contributed by atoms with Gasteiger partial charge in [0.25, 0.3) is 0 Å². The van der Waals surface area contributed by atoms with E-state index in [4.69, 9.17) is 9.84 Å². The predicted molar refractivity (Wildman–Crippen MR) is 97.0 cm³/mol. The largest absolute Gasteiger partial charge is 0.486 e. The van der Waals surface area contributed by atoms with Gasteiger partial charge in [-0.1, -0.05) is 12.1 Å². The number of rotatable bonds is 6. The molecule has 0 bridgehead atoms. The number of halogens is 2. The van der Waals surface area contributed by atoms with E-state index >= 15 is 0 Å². The Morgan fingerprint density at radius 3 is 2.54 bits per heavy atom. The lowest BCUT2D eigenvalue weighted by Crippen LogP contribution is -1.99. The zero-order valence-corrected chi connectivity index (χ0v) is 15.2. The number of aromatic carboxylic acids is 1. The van der Waals surface area contributed by atoms with Crippen molar-refractivity contribution in [3.8, 4) is 16.9 Å². The van der Waals surface area contributed by atoms with Crippen LogP contribution < -0.4 is 4.74 Å². The van der Waals surface area contributed by atoms with Gasteiger partial charge in [-0.25, -0.2) is 18.6 Å². The number of thioether (sulfide) groups is 1. The van der Waals surface area contributed by atoms with Gasteiger partial charge in [0, 0.05) is 10.3 Å². The average Bonchev–Trinajstić information content (AvgIpc) is 3.12. The van der Waals surface area contributed by atoms with Gasteiger partial charge in [-0.3, -0.25) is 0 Å². The van der Waals surface area contributed by atoms with Gasteiger partial charge >= 0.3 is 5.97 Å². The number of hydrogen-bond acceptors (Lipinski definition) is 5. The summed E-state index contributed by atoms with van der Waals surface area (Å²) in [5.41, 5.74) is 1.34. The summed E-state index contributed by atoms with van der Waals surface area (Å²) in [6.07, 6.45) is 1.80. The van der Waals surface area contributed by atoms with E-state index < -0.39 is 17.6 Å². The molecule has 0 aliphatic rings. The smallest absolute Gasteiger partial charge is 0.355 e. The van der Waals surface area contributed by atoms with Crippen molar-refractivity contribution in [2.24, 2.45) is 0 Å². The number of benzene rings is 2. The molecule has 0 aliphatic carbocycles. The molecule has 0 amide bonds. The van der Waals surface area contributed by atoms with Crippen molar-refractivity contribution >= 4 is 29.1 Å². The van der Waals surface area contributed by atoms with Crippen LogP contribution in [0.1, 0.15) is 15.5 Å².